The molecule has 350 valence electrons. The van der Waals surface area contributed by atoms with Crippen molar-refractivity contribution in [1.82, 2.24) is 0 Å². The van der Waals surface area contributed by atoms with Gasteiger partial charge in [0.1, 0.15) is 13.2 Å². The Kier molecular flexibility index (Phi) is 46.2. The van der Waals surface area contributed by atoms with E-state index in [1.165, 1.54) is 44.9 Å². The fourth-order valence-electron chi connectivity index (χ4n) is 5.87. The van der Waals surface area contributed by atoms with Gasteiger partial charge in [-0.25, -0.2) is 0 Å². The summed E-state index contributed by atoms with van der Waals surface area (Å²) in [7, 11) is 0. The third kappa shape index (κ3) is 48.2. The molecule has 0 aromatic carbocycles. The van der Waals surface area contributed by atoms with Crippen molar-refractivity contribution in [2.75, 3.05) is 13.2 Å². The van der Waals surface area contributed by atoms with Crippen molar-refractivity contribution < 1.29 is 28.6 Å². The number of ether oxygens (including phenoxy) is 3. The van der Waals surface area contributed by atoms with Crippen molar-refractivity contribution in [3.63, 3.8) is 0 Å². The number of unbranched alkanes of at least 4 members (excludes halogenated alkanes) is 12. The molecule has 0 heterocycles. The monoisotopic (exact) mass is 867 g/mol. The molecule has 0 fully saturated rings. The molecule has 0 saturated carbocycles. The maximum atomic E-state index is 12.8. The third-order valence-corrected chi connectivity index (χ3v) is 9.50. The van der Waals surface area contributed by atoms with E-state index < -0.39 is 6.10 Å². The van der Waals surface area contributed by atoms with E-state index in [1.807, 2.05) is 54.7 Å². The highest BCUT2D eigenvalue weighted by atomic mass is 16.6. The van der Waals surface area contributed by atoms with Gasteiger partial charge < -0.3 is 14.2 Å². The Hall–Kier alpha value is -4.71. The molecule has 0 aliphatic carbocycles. The van der Waals surface area contributed by atoms with Gasteiger partial charge in [-0.2, -0.15) is 0 Å². The molecule has 0 amide bonds. The van der Waals surface area contributed by atoms with Crippen molar-refractivity contribution in [3.8, 4) is 0 Å². The quantitative estimate of drug-likeness (QED) is 0.0200. The number of esters is 3. The largest absolute Gasteiger partial charge is 0.462 e. The van der Waals surface area contributed by atoms with Crippen LogP contribution in [0.1, 0.15) is 175 Å². The molecule has 0 bridgehead atoms. The van der Waals surface area contributed by atoms with E-state index >= 15 is 0 Å². The number of carbonyl (C=O) groups is 3. The third-order valence-electron chi connectivity index (χ3n) is 9.50. The molecule has 0 aromatic heterocycles. The van der Waals surface area contributed by atoms with E-state index in [9.17, 15) is 14.4 Å². The Balaban J connectivity index is 4.63. The van der Waals surface area contributed by atoms with Crippen LogP contribution in [0.2, 0.25) is 0 Å². The van der Waals surface area contributed by atoms with Crippen molar-refractivity contribution in [1.29, 1.82) is 0 Å². The van der Waals surface area contributed by atoms with Crippen LogP contribution in [-0.2, 0) is 28.6 Å². The topological polar surface area (TPSA) is 78.9 Å². The zero-order valence-corrected chi connectivity index (χ0v) is 39.8. The van der Waals surface area contributed by atoms with Crippen LogP contribution in [0, 0.1) is 0 Å². The standard InChI is InChI=1S/C57H86O6/c1-4-7-10-13-16-19-22-25-27-28-30-32-35-38-41-44-47-50-56(59)62-53-54(52-61-55(58)49-46-43-40-37-34-31-24-21-18-15-12-9-6-3)63-57(60)51-48-45-42-39-36-33-29-26-23-20-17-14-11-8-5-2/h8-9,11-12,14-21,23-25,27,30-32,34,37-38,40-41,54H,4-7,10,13,22,26,28-29,33,35-36,39,42-53H2,1-3H3/b11-8-,12-9-,17-14-,18-15-,19-16-,23-20-,24-21-,27-25-,32-30-,34-31-,40-37-,41-38-. The van der Waals surface area contributed by atoms with Gasteiger partial charge in [0.05, 0.1) is 0 Å². The van der Waals surface area contributed by atoms with Crippen LogP contribution in [0.5, 0.6) is 0 Å². The van der Waals surface area contributed by atoms with Crippen LogP contribution >= 0.6 is 0 Å². The van der Waals surface area contributed by atoms with E-state index in [-0.39, 0.29) is 50.4 Å². The Morgan fingerprint density at radius 2 is 0.698 bits per heavy atom. The summed E-state index contributed by atoms with van der Waals surface area (Å²) in [5, 5.41) is 0. The molecule has 0 rings (SSSR count). The van der Waals surface area contributed by atoms with Crippen LogP contribution in [-0.4, -0.2) is 37.2 Å². The first-order valence-corrected chi connectivity index (χ1v) is 24.4. The molecule has 1 atom stereocenters. The summed E-state index contributed by atoms with van der Waals surface area (Å²) < 4.78 is 16.6. The molecule has 0 N–H and O–H groups in total. The van der Waals surface area contributed by atoms with Crippen LogP contribution < -0.4 is 0 Å². The maximum Gasteiger partial charge on any atom is 0.306 e. The Labute approximate surface area is 385 Å². The van der Waals surface area contributed by atoms with Crippen LogP contribution in [0.15, 0.2) is 146 Å². The average molecular weight is 867 g/mol. The van der Waals surface area contributed by atoms with Gasteiger partial charge in [-0.05, 0) is 89.9 Å². The fraction of sp³-hybridized carbons (Fsp3) is 0.526. The van der Waals surface area contributed by atoms with Crippen LogP contribution in [0.25, 0.3) is 0 Å². The summed E-state index contributed by atoms with van der Waals surface area (Å²) >= 11 is 0. The van der Waals surface area contributed by atoms with Gasteiger partial charge >= 0.3 is 17.9 Å². The molecule has 0 radical (unpaired) electrons. The minimum absolute atomic E-state index is 0.141. The number of carbonyl (C=O) groups excluding carboxylic acids is 3. The molecule has 0 aliphatic heterocycles. The Bertz CT molecular complexity index is 1460. The lowest BCUT2D eigenvalue weighted by Crippen LogP contribution is -2.30. The van der Waals surface area contributed by atoms with E-state index in [2.05, 4.69) is 112 Å². The molecule has 6 heteroatoms. The first-order valence-electron chi connectivity index (χ1n) is 24.4. The molecular weight excluding hydrogens is 781 g/mol. The van der Waals surface area contributed by atoms with Crippen molar-refractivity contribution in [2.24, 2.45) is 0 Å². The van der Waals surface area contributed by atoms with Gasteiger partial charge in [-0.15, -0.1) is 0 Å². The van der Waals surface area contributed by atoms with Gasteiger partial charge in [0.25, 0.3) is 0 Å². The second-order valence-corrected chi connectivity index (χ2v) is 15.4. The highest BCUT2D eigenvalue weighted by molar-refractivity contribution is 5.71. The summed E-state index contributed by atoms with van der Waals surface area (Å²) in [6.07, 6.45) is 71.2. The van der Waals surface area contributed by atoms with Crippen LogP contribution in [0.4, 0.5) is 0 Å². The summed E-state index contributed by atoms with van der Waals surface area (Å²) in [6.45, 7) is 6.18. The van der Waals surface area contributed by atoms with E-state index in [4.69, 9.17) is 14.2 Å². The number of rotatable bonds is 41. The highest BCUT2D eigenvalue weighted by Crippen LogP contribution is 2.12. The average Bonchev–Trinajstić information content (AvgIpc) is 3.28. The molecule has 6 nitrogen and oxygen atoms in total. The lowest BCUT2D eigenvalue weighted by Gasteiger charge is -2.18. The Morgan fingerprint density at radius 1 is 0.349 bits per heavy atom. The normalized spacial score (nSPS) is 13.4. The second kappa shape index (κ2) is 49.9. The number of hydrogen-bond acceptors (Lipinski definition) is 6. The number of allylic oxidation sites excluding steroid dienone is 24. The minimum atomic E-state index is -0.841. The molecule has 1 unspecified atom stereocenters. The van der Waals surface area contributed by atoms with Gasteiger partial charge in [0, 0.05) is 19.3 Å². The van der Waals surface area contributed by atoms with E-state index in [0.717, 1.165) is 77.0 Å². The highest BCUT2D eigenvalue weighted by Gasteiger charge is 2.19. The molecule has 0 aromatic rings. The van der Waals surface area contributed by atoms with Gasteiger partial charge in [-0.1, -0.05) is 212 Å². The summed E-state index contributed by atoms with van der Waals surface area (Å²) in [4.78, 5) is 37.9. The smallest absolute Gasteiger partial charge is 0.306 e. The molecule has 0 aliphatic rings. The van der Waals surface area contributed by atoms with Crippen molar-refractivity contribution >= 4 is 17.9 Å². The summed E-state index contributed by atoms with van der Waals surface area (Å²) in [5.74, 6) is -1.09. The zero-order chi connectivity index (χ0) is 45.8. The van der Waals surface area contributed by atoms with E-state index in [0.29, 0.717) is 12.8 Å². The van der Waals surface area contributed by atoms with Gasteiger partial charge in [-0.3, -0.25) is 14.4 Å². The summed E-state index contributed by atoms with van der Waals surface area (Å²) in [6, 6.07) is 0. The Morgan fingerprint density at radius 3 is 1.17 bits per heavy atom. The predicted octanol–water partition coefficient (Wildman–Crippen LogP) is 16.1. The molecular formula is C57H86O6. The molecule has 0 saturated heterocycles. The van der Waals surface area contributed by atoms with Gasteiger partial charge in [0.2, 0.25) is 0 Å². The molecule has 0 spiro atoms. The summed E-state index contributed by atoms with van der Waals surface area (Å²) in [5.41, 5.74) is 0. The van der Waals surface area contributed by atoms with Crippen molar-refractivity contribution in [2.45, 2.75) is 181 Å². The zero-order valence-electron chi connectivity index (χ0n) is 39.8. The molecule has 63 heavy (non-hydrogen) atoms. The fourth-order valence-corrected chi connectivity index (χ4v) is 5.87. The minimum Gasteiger partial charge on any atom is -0.462 e. The SMILES string of the molecule is CC\C=C/C=C\C=C/C=C\C=C/CCCC(=O)OCC(COC(=O)CCC/C=C\C/C=C\C/C=C\C/C=C\CCCCC)OC(=O)CCCCCCCCC\C=C/C=C\C=C/CC. The first-order chi connectivity index (χ1) is 31.0. The second-order valence-electron chi connectivity index (χ2n) is 15.4. The van der Waals surface area contributed by atoms with E-state index in [1.54, 1.807) is 0 Å². The first kappa shape index (κ1) is 58.3. The van der Waals surface area contributed by atoms with Gasteiger partial charge in [0.15, 0.2) is 6.10 Å². The lowest BCUT2D eigenvalue weighted by atomic mass is 10.1. The predicted molar refractivity (Wildman–Crippen MR) is 269 cm³/mol. The maximum absolute atomic E-state index is 12.8. The van der Waals surface area contributed by atoms with Crippen molar-refractivity contribution in [3.05, 3.63) is 146 Å². The lowest BCUT2D eigenvalue weighted by molar-refractivity contribution is -0.167. The number of hydrogen-bond donors (Lipinski definition) is 0. The van der Waals surface area contributed by atoms with Crippen LogP contribution in [0.3, 0.4) is 0 Å².